The Bertz CT molecular complexity index is 731. The van der Waals surface area contributed by atoms with Gasteiger partial charge in [0, 0.05) is 10.0 Å². The van der Waals surface area contributed by atoms with Crippen LogP contribution in [0.15, 0.2) is 50.0 Å². The molecule has 0 radical (unpaired) electrons. The van der Waals surface area contributed by atoms with E-state index >= 15 is 0 Å². The second-order valence-corrected chi connectivity index (χ2v) is 5.00. The molecule has 2 heterocycles. The molecule has 2 N–H and O–H groups in total. The van der Waals surface area contributed by atoms with Crippen LogP contribution >= 0.6 is 15.9 Å². The molecule has 0 fully saturated rings. The number of anilines is 1. The van der Waals surface area contributed by atoms with E-state index in [1.165, 1.54) is 0 Å². The van der Waals surface area contributed by atoms with E-state index in [0.29, 0.717) is 11.6 Å². The molecule has 0 bridgehead atoms. The van der Waals surface area contributed by atoms with Crippen molar-refractivity contribution in [2.75, 3.05) is 5.73 Å². The van der Waals surface area contributed by atoms with Crippen molar-refractivity contribution >= 4 is 21.7 Å². The minimum absolute atomic E-state index is 0.363. The lowest BCUT2D eigenvalue weighted by Gasteiger charge is -2.04. The number of hydrogen-bond acceptors (Lipinski definition) is 4. The molecule has 1 aromatic carbocycles. The van der Waals surface area contributed by atoms with Gasteiger partial charge in [0.1, 0.15) is 5.76 Å². The number of nitrogens with zero attached hydrogens (tertiary/aromatic N) is 1. The van der Waals surface area contributed by atoms with Crippen LogP contribution in [-0.2, 0) is 0 Å². The third kappa shape index (κ3) is 1.96. The maximum atomic E-state index is 5.94. The summed E-state index contributed by atoms with van der Waals surface area (Å²) in [5.41, 5.74) is 8.52. The van der Waals surface area contributed by atoms with Gasteiger partial charge in [0.15, 0.2) is 11.6 Å². The van der Waals surface area contributed by atoms with Crippen molar-refractivity contribution in [2.45, 2.75) is 6.92 Å². The molecular weight excluding hydrogens is 308 g/mol. The molecule has 0 aliphatic carbocycles. The van der Waals surface area contributed by atoms with E-state index < -0.39 is 0 Å². The van der Waals surface area contributed by atoms with Crippen molar-refractivity contribution in [1.82, 2.24) is 5.16 Å². The predicted octanol–water partition coefficient (Wildman–Crippen LogP) is 4.25. The first-order chi connectivity index (χ1) is 9.18. The van der Waals surface area contributed by atoms with Crippen LogP contribution in [0.2, 0.25) is 0 Å². The van der Waals surface area contributed by atoms with Crippen LogP contribution in [0.5, 0.6) is 0 Å². The third-order valence-corrected chi connectivity index (χ3v) is 3.66. The van der Waals surface area contributed by atoms with Crippen LogP contribution in [-0.4, -0.2) is 5.16 Å². The van der Waals surface area contributed by atoms with Crippen LogP contribution < -0.4 is 5.73 Å². The van der Waals surface area contributed by atoms with Gasteiger partial charge in [0.2, 0.25) is 0 Å². The number of furan rings is 1. The van der Waals surface area contributed by atoms with Gasteiger partial charge >= 0.3 is 0 Å². The summed E-state index contributed by atoms with van der Waals surface area (Å²) in [4.78, 5) is 0. The SMILES string of the molecule is Cc1occc1-c1onc(N)c1-c1ccccc1Br. The lowest BCUT2D eigenvalue weighted by atomic mass is 10.0. The summed E-state index contributed by atoms with van der Waals surface area (Å²) in [6.07, 6.45) is 1.62. The number of rotatable bonds is 2. The fourth-order valence-corrected chi connectivity index (χ4v) is 2.51. The zero-order chi connectivity index (χ0) is 13.4. The summed E-state index contributed by atoms with van der Waals surface area (Å²) in [5, 5.41) is 3.87. The first-order valence-corrected chi connectivity index (χ1v) is 6.52. The van der Waals surface area contributed by atoms with E-state index in [9.17, 15) is 0 Å². The largest absolute Gasteiger partial charge is 0.469 e. The van der Waals surface area contributed by atoms with Crippen LogP contribution in [0.1, 0.15) is 5.76 Å². The van der Waals surface area contributed by atoms with Gasteiger partial charge in [-0.25, -0.2) is 0 Å². The first kappa shape index (κ1) is 12.0. The van der Waals surface area contributed by atoms with Crippen molar-refractivity contribution < 1.29 is 8.94 Å². The van der Waals surface area contributed by atoms with E-state index in [2.05, 4.69) is 21.1 Å². The Morgan fingerprint density at radius 3 is 2.63 bits per heavy atom. The molecule has 96 valence electrons. The van der Waals surface area contributed by atoms with Crippen molar-refractivity contribution in [2.24, 2.45) is 0 Å². The van der Waals surface area contributed by atoms with Crippen LogP contribution in [0.4, 0.5) is 5.82 Å². The summed E-state index contributed by atoms with van der Waals surface area (Å²) in [6, 6.07) is 9.65. The minimum Gasteiger partial charge on any atom is -0.469 e. The molecule has 0 spiro atoms. The second kappa shape index (κ2) is 4.59. The molecule has 0 unspecified atom stereocenters. The third-order valence-electron chi connectivity index (χ3n) is 2.97. The smallest absolute Gasteiger partial charge is 0.180 e. The molecule has 4 nitrogen and oxygen atoms in total. The topological polar surface area (TPSA) is 65.2 Å². The second-order valence-electron chi connectivity index (χ2n) is 4.14. The zero-order valence-corrected chi connectivity index (χ0v) is 11.8. The number of aryl methyl sites for hydroxylation is 1. The maximum Gasteiger partial charge on any atom is 0.180 e. The summed E-state index contributed by atoms with van der Waals surface area (Å²) in [5.74, 6) is 1.75. The molecule has 19 heavy (non-hydrogen) atoms. The number of aromatic nitrogens is 1. The van der Waals surface area contributed by atoms with Gasteiger partial charge in [-0.05, 0) is 19.1 Å². The van der Waals surface area contributed by atoms with Crippen molar-refractivity contribution in [1.29, 1.82) is 0 Å². The Morgan fingerprint density at radius 1 is 1.16 bits per heavy atom. The fourth-order valence-electron chi connectivity index (χ4n) is 2.03. The van der Waals surface area contributed by atoms with Crippen LogP contribution in [0.25, 0.3) is 22.5 Å². The summed E-state index contributed by atoms with van der Waals surface area (Å²) in [7, 11) is 0. The molecule has 3 aromatic rings. The molecule has 2 aromatic heterocycles. The minimum atomic E-state index is 0.363. The van der Waals surface area contributed by atoms with Gasteiger partial charge in [-0.3, -0.25) is 0 Å². The normalized spacial score (nSPS) is 10.8. The zero-order valence-electron chi connectivity index (χ0n) is 10.2. The van der Waals surface area contributed by atoms with Gasteiger partial charge in [-0.1, -0.05) is 39.3 Å². The highest BCUT2D eigenvalue weighted by Gasteiger charge is 2.21. The molecule has 0 aliphatic heterocycles. The highest BCUT2D eigenvalue weighted by Crippen LogP contribution is 2.40. The molecule has 0 amide bonds. The first-order valence-electron chi connectivity index (χ1n) is 5.73. The number of nitrogens with two attached hydrogens (primary N) is 1. The number of nitrogen functional groups attached to an aromatic ring is 1. The van der Waals surface area contributed by atoms with Crippen LogP contribution in [0.3, 0.4) is 0 Å². The van der Waals surface area contributed by atoms with E-state index in [-0.39, 0.29) is 0 Å². The van der Waals surface area contributed by atoms with Crippen molar-refractivity contribution in [3.05, 3.63) is 46.8 Å². The Morgan fingerprint density at radius 2 is 1.95 bits per heavy atom. The summed E-state index contributed by atoms with van der Waals surface area (Å²) >= 11 is 3.52. The quantitative estimate of drug-likeness (QED) is 0.766. The van der Waals surface area contributed by atoms with Crippen LogP contribution in [0, 0.1) is 6.92 Å². The average molecular weight is 319 g/mol. The van der Waals surface area contributed by atoms with Gasteiger partial charge in [-0.2, -0.15) is 0 Å². The number of halogens is 1. The number of hydrogen-bond donors (Lipinski definition) is 1. The van der Waals surface area contributed by atoms with Gasteiger partial charge < -0.3 is 14.7 Å². The summed E-state index contributed by atoms with van der Waals surface area (Å²) < 4.78 is 11.6. The molecule has 0 aliphatic rings. The molecule has 3 rings (SSSR count). The molecule has 0 atom stereocenters. The average Bonchev–Trinajstić information content (AvgIpc) is 2.96. The molecule has 5 heteroatoms. The van der Waals surface area contributed by atoms with Gasteiger partial charge in [-0.15, -0.1) is 0 Å². The molecule has 0 saturated heterocycles. The Labute approximate surface area is 118 Å². The standard InChI is InChI=1S/C14H11BrN2O2/c1-8-9(6-7-18-8)13-12(14(16)17-19-13)10-4-2-3-5-11(10)15/h2-7H,1H3,(H2,16,17). The maximum absolute atomic E-state index is 5.94. The number of benzene rings is 1. The highest BCUT2D eigenvalue weighted by molar-refractivity contribution is 9.10. The lowest BCUT2D eigenvalue weighted by molar-refractivity contribution is 0.434. The molecule has 0 saturated carbocycles. The van der Waals surface area contributed by atoms with E-state index in [1.54, 1.807) is 6.26 Å². The Hall–Kier alpha value is -2.01. The van der Waals surface area contributed by atoms with E-state index in [0.717, 1.165) is 26.9 Å². The molecular formula is C14H11BrN2O2. The van der Waals surface area contributed by atoms with Crippen molar-refractivity contribution in [3.63, 3.8) is 0 Å². The van der Waals surface area contributed by atoms with Crippen molar-refractivity contribution in [3.8, 4) is 22.5 Å². The summed E-state index contributed by atoms with van der Waals surface area (Å²) in [6.45, 7) is 1.87. The predicted molar refractivity (Wildman–Crippen MR) is 76.5 cm³/mol. The van der Waals surface area contributed by atoms with Gasteiger partial charge in [0.05, 0.1) is 17.4 Å². The van der Waals surface area contributed by atoms with E-state index in [1.807, 2.05) is 37.3 Å². The Balaban J connectivity index is 2.26. The van der Waals surface area contributed by atoms with E-state index in [4.69, 9.17) is 14.7 Å². The Kier molecular flexibility index (Phi) is 2.91. The highest BCUT2D eigenvalue weighted by atomic mass is 79.9. The fraction of sp³-hybridized carbons (Fsp3) is 0.0714. The monoisotopic (exact) mass is 318 g/mol. The van der Waals surface area contributed by atoms with Gasteiger partial charge in [0.25, 0.3) is 0 Å². The lowest BCUT2D eigenvalue weighted by Crippen LogP contribution is -1.89.